The number of ether oxygens (including phenoxy) is 1. The highest BCUT2D eigenvalue weighted by atomic mass is 35.5. The van der Waals surface area contributed by atoms with Crippen LogP contribution in [0.15, 0.2) is 18.2 Å². The van der Waals surface area contributed by atoms with Gasteiger partial charge in [0.2, 0.25) is 11.2 Å². The van der Waals surface area contributed by atoms with E-state index in [1.165, 1.54) is 19.2 Å². The number of rotatable bonds is 3. The van der Waals surface area contributed by atoms with E-state index >= 15 is 0 Å². The molecule has 1 aliphatic rings. The first-order chi connectivity index (χ1) is 10.2. The summed E-state index contributed by atoms with van der Waals surface area (Å²) < 4.78 is 18.7. The number of hydrogen-bond acceptors (Lipinski definition) is 5. The molecule has 0 N–H and O–H groups in total. The third-order valence-electron chi connectivity index (χ3n) is 3.40. The molecule has 5 nitrogen and oxygen atoms in total. The fourth-order valence-corrected chi connectivity index (χ4v) is 2.49. The largest absolute Gasteiger partial charge is 0.494 e. The molecule has 0 unspecified atom stereocenters. The molecule has 110 valence electrons. The van der Waals surface area contributed by atoms with Gasteiger partial charge in [-0.25, -0.2) is 4.39 Å². The first-order valence-electron chi connectivity index (χ1n) is 6.68. The Morgan fingerprint density at radius 3 is 2.62 bits per heavy atom. The molecule has 0 amide bonds. The van der Waals surface area contributed by atoms with Crippen LogP contribution in [0.1, 0.15) is 12.8 Å². The van der Waals surface area contributed by atoms with Gasteiger partial charge in [-0.1, -0.05) is 0 Å². The van der Waals surface area contributed by atoms with Crippen LogP contribution in [-0.2, 0) is 0 Å². The van der Waals surface area contributed by atoms with E-state index in [-0.39, 0.29) is 11.0 Å². The van der Waals surface area contributed by atoms with Crippen molar-refractivity contribution in [2.75, 3.05) is 25.1 Å². The van der Waals surface area contributed by atoms with Crippen LogP contribution in [0.2, 0.25) is 5.28 Å². The Morgan fingerprint density at radius 1 is 1.19 bits per heavy atom. The molecule has 1 aliphatic heterocycles. The molecule has 0 bridgehead atoms. The summed E-state index contributed by atoms with van der Waals surface area (Å²) in [6, 6.07) is 4.57. The summed E-state index contributed by atoms with van der Waals surface area (Å²) in [5.74, 6) is 0.616. The Bertz CT molecular complexity index is 661. The Morgan fingerprint density at radius 2 is 1.95 bits per heavy atom. The van der Waals surface area contributed by atoms with Crippen molar-refractivity contribution in [1.82, 2.24) is 15.0 Å². The lowest BCUT2D eigenvalue weighted by Gasteiger charge is -2.15. The monoisotopic (exact) mass is 308 g/mol. The molecular weight excluding hydrogens is 295 g/mol. The molecule has 0 radical (unpaired) electrons. The Balaban J connectivity index is 1.99. The van der Waals surface area contributed by atoms with E-state index < -0.39 is 5.82 Å². The van der Waals surface area contributed by atoms with Crippen LogP contribution in [0.4, 0.5) is 10.3 Å². The van der Waals surface area contributed by atoms with Crippen molar-refractivity contribution in [3.63, 3.8) is 0 Å². The first kappa shape index (κ1) is 14.0. The van der Waals surface area contributed by atoms with Crippen LogP contribution in [0.3, 0.4) is 0 Å². The number of anilines is 1. The van der Waals surface area contributed by atoms with Crippen molar-refractivity contribution in [2.24, 2.45) is 0 Å². The molecule has 3 rings (SSSR count). The Labute approximate surface area is 126 Å². The van der Waals surface area contributed by atoms with Crippen LogP contribution in [-0.4, -0.2) is 35.2 Å². The van der Waals surface area contributed by atoms with Crippen LogP contribution < -0.4 is 9.64 Å². The predicted molar refractivity (Wildman–Crippen MR) is 78.2 cm³/mol. The molecule has 0 spiro atoms. The lowest BCUT2D eigenvalue weighted by molar-refractivity contribution is 0.386. The molecule has 0 saturated carbocycles. The summed E-state index contributed by atoms with van der Waals surface area (Å²) in [6.07, 6.45) is 2.21. The molecular formula is C14H14ClFN4O. The molecule has 0 atom stereocenters. The number of methoxy groups -OCH3 is 1. The summed E-state index contributed by atoms with van der Waals surface area (Å²) >= 11 is 5.97. The predicted octanol–water partition coefficient (Wildman–Crippen LogP) is 2.94. The minimum atomic E-state index is -0.464. The summed E-state index contributed by atoms with van der Waals surface area (Å²) in [5.41, 5.74) is 0.540. The van der Waals surface area contributed by atoms with E-state index in [2.05, 4.69) is 19.9 Å². The van der Waals surface area contributed by atoms with E-state index in [0.717, 1.165) is 25.9 Å². The van der Waals surface area contributed by atoms with Crippen molar-refractivity contribution in [2.45, 2.75) is 12.8 Å². The summed E-state index contributed by atoms with van der Waals surface area (Å²) in [6.45, 7) is 1.80. The highest BCUT2D eigenvalue weighted by molar-refractivity contribution is 6.28. The lowest BCUT2D eigenvalue weighted by Crippen LogP contribution is -2.21. The number of hydrogen-bond donors (Lipinski definition) is 0. The van der Waals surface area contributed by atoms with Gasteiger partial charge >= 0.3 is 0 Å². The van der Waals surface area contributed by atoms with E-state index in [1.807, 2.05) is 0 Å². The van der Waals surface area contributed by atoms with Crippen LogP contribution in [0.5, 0.6) is 5.75 Å². The minimum absolute atomic E-state index is 0.109. The molecule has 21 heavy (non-hydrogen) atoms. The topological polar surface area (TPSA) is 51.1 Å². The molecule has 1 saturated heterocycles. The fourth-order valence-electron chi connectivity index (χ4n) is 2.33. The van der Waals surface area contributed by atoms with Crippen molar-refractivity contribution >= 4 is 17.5 Å². The average Bonchev–Trinajstić information content (AvgIpc) is 3.01. The maximum Gasteiger partial charge on any atom is 0.230 e. The minimum Gasteiger partial charge on any atom is -0.494 e. The second kappa shape index (κ2) is 5.81. The third kappa shape index (κ3) is 2.90. The second-order valence-electron chi connectivity index (χ2n) is 4.77. The zero-order valence-corrected chi connectivity index (χ0v) is 12.3. The lowest BCUT2D eigenvalue weighted by atomic mass is 10.2. The fraction of sp³-hybridized carbons (Fsp3) is 0.357. The molecule has 0 aliphatic carbocycles. The van der Waals surface area contributed by atoms with E-state index in [9.17, 15) is 4.39 Å². The van der Waals surface area contributed by atoms with Crippen molar-refractivity contribution in [1.29, 1.82) is 0 Å². The summed E-state index contributed by atoms with van der Waals surface area (Å²) in [5, 5.41) is 0.109. The summed E-state index contributed by atoms with van der Waals surface area (Å²) in [4.78, 5) is 14.7. The highest BCUT2D eigenvalue weighted by Gasteiger charge is 2.18. The van der Waals surface area contributed by atoms with Gasteiger partial charge < -0.3 is 9.64 Å². The van der Waals surface area contributed by atoms with Gasteiger partial charge in [-0.3, -0.25) is 0 Å². The number of benzene rings is 1. The standard InChI is InChI=1S/C14H14ClFN4O/c1-21-11-5-4-9(8-10(11)16)12-17-13(15)19-14(18-12)20-6-2-3-7-20/h4-5,8H,2-3,6-7H2,1H3. The molecule has 1 aromatic carbocycles. The van der Waals surface area contributed by atoms with Crippen molar-refractivity contribution in [3.05, 3.63) is 29.3 Å². The van der Waals surface area contributed by atoms with Crippen LogP contribution >= 0.6 is 11.6 Å². The number of halogens is 2. The molecule has 1 fully saturated rings. The van der Waals surface area contributed by atoms with Gasteiger partial charge in [-0.05, 0) is 42.6 Å². The van der Waals surface area contributed by atoms with Gasteiger partial charge in [0.25, 0.3) is 0 Å². The number of nitrogens with zero attached hydrogens (tertiary/aromatic N) is 4. The summed E-state index contributed by atoms with van der Waals surface area (Å²) in [7, 11) is 1.42. The SMILES string of the molecule is COc1ccc(-c2nc(Cl)nc(N3CCCC3)n2)cc1F. The Kier molecular flexibility index (Phi) is 3.88. The molecule has 1 aromatic heterocycles. The molecule has 2 aromatic rings. The molecule has 2 heterocycles. The van der Waals surface area contributed by atoms with Gasteiger partial charge in [-0.2, -0.15) is 15.0 Å². The zero-order valence-electron chi connectivity index (χ0n) is 11.5. The molecule has 7 heteroatoms. The van der Waals surface area contributed by atoms with Gasteiger partial charge in [0.1, 0.15) is 0 Å². The van der Waals surface area contributed by atoms with Crippen molar-refractivity contribution in [3.8, 4) is 17.1 Å². The van der Waals surface area contributed by atoms with Crippen LogP contribution in [0.25, 0.3) is 11.4 Å². The van der Waals surface area contributed by atoms with Gasteiger partial charge in [0.15, 0.2) is 17.4 Å². The quantitative estimate of drug-likeness (QED) is 0.872. The van der Waals surface area contributed by atoms with Crippen molar-refractivity contribution < 1.29 is 9.13 Å². The number of aromatic nitrogens is 3. The maximum atomic E-state index is 13.8. The maximum absolute atomic E-state index is 13.8. The van der Waals surface area contributed by atoms with Gasteiger partial charge in [0, 0.05) is 18.7 Å². The first-order valence-corrected chi connectivity index (χ1v) is 7.05. The van der Waals surface area contributed by atoms with E-state index in [4.69, 9.17) is 16.3 Å². The second-order valence-corrected chi connectivity index (χ2v) is 5.11. The third-order valence-corrected chi connectivity index (χ3v) is 3.56. The van der Waals surface area contributed by atoms with Gasteiger partial charge in [-0.15, -0.1) is 0 Å². The average molecular weight is 309 g/mol. The smallest absolute Gasteiger partial charge is 0.230 e. The van der Waals surface area contributed by atoms with Gasteiger partial charge in [0.05, 0.1) is 7.11 Å². The Hall–Kier alpha value is -1.95. The normalized spacial score (nSPS) is 14.5. The van der Waals surface area contributed by atoms with E-state index in [0.29, 0.717) is 17.3 Å². The van der Waals surface area contributed by atoms with E-state index in [1.54, 1.807) is 6.07 Å². The highest BCUT2D eigenvalue weighted by Crippen LogP contribution is 2.26. The zero-order chi connectivity index (χ0) is 14.8. The van der Waals surface area contributed by atoms with Crippen LogP contribution in [0, 0.1) is 5.82 Å².